The Kier molecular flexibility index (Phi) is 4.99. The van der Waals surface area contributed by atoms with Crippen LogP contribution in [-0.4, -0.2) is 17.0 Å². The van der Waals surface area contributed by atoms with Crippen molar-refractivity contribution in [1.29, 1.82) is 5.41 Å². The quantitative estimate of drug-likeness (QED) is 0.598. The first-order valence-corrected chi connectivity index (χ1v) is 4.72. The van der Waals surface area contributed by atoms with Crippen LogP contribution in [0.25, 0.3) is 0 Å². The zero-order valence-electron chi connectivity index (χ0n) is 5.96. The van der Waals surface area contributed by atoms with Crippen molar-refractivity contribution < 1.29 is 0 Å². The molecule has 0 saturated heterocycles. The molecule has 0 aromatic carbocycles. The van der Waals surface area contributed by atoms with Crippen LogP contribution >= 0.6 is 31.9 Å². The Bertz CT molecular complexity index is 157. The number of alkyl halides is 1. The molecule has 0 atom stereocenters. The minimum Gasteiger partial charge on any atom is -0.390 e. The molecule has 58 valence electrons. The van der Waals surface area contributed by atoms with Crippen molar-refractivity contribution in [2.45, 2.75) is 6.92 Å². The maximum Gasteiger partial charge on any atom is 0.101 e. The second kappa shape index (κ2) is 4.91. The fourth-order valence-corrected chi connectivity index (χ4v) is 1.43. The van der Waals surface area contributed by atoms with Crippen molar-refractivity contribution in [3.05, 3.63) is 11.3 Å². The van der Waals surface area contributed by atoms with Crippen LogP contribution < -0.4 is 5.32 Å². The fraction of sp³-hybridized carbons (Fsp3) is 0.500. The molecule has 0 unspecified atom stereocenters. The molecule has 4 heteroatoms. The van der Waals surface area contributed by atoms with Crippen LogP contribution in [-0.2, 0) is 0 Å². The largest absolute Gasteiger partial charge is 0.390 e. The normalized spacial score (nSPS) is 12.4. The maximum atomic E-state index is 7.24. The van der Waals surface area contributed by atoms with E-state index in [9.17, 15) is 0 Å². The molecule has 0 rings (SSSR count). The Morgan fingerprint density at radius 3 is 2.20 bits per heavy atom. The summed E-state index contributed by atoms with van der Waals surface area (Å²) in [7, 11) is 1.84. The highest BCUT2D eigenvalue weighted by molar-refractivity contribution is 9.18. The molecule has 0 aliphatic heterocycles. The first kappa shape index (κ1) is 10.2. The van der Waals surface area contributed by atoms with E-state index in [1.54, 1.807) is 0 Å². The number of halogens is 2. The van der Waals surface area contributed by atoms with Crippen LogP contribution in [0.15, 0.2) is 11.3 Å². The van der Waals surface area contributed by atoms with E-state index in [1.165, 1.54) is 0 Å². The molecule has 0 spiro atoms. The van der Waals surface area contributed by atoms with Gasteiger partial charge >= 0.3 is 0 Å². The molecular formula is C6H10Br2N2. The van der Waals surface area contributed by atoms with Gasteiger partial charge in [0.1, 0.15) is 4.62 Å². The molecule has 2 nitrogen and oxygen atoms in total. The average molecular weight is 270 g/mol. The molecule has 0 bridgehead atoms. The van der Waals surface area contributed by atoms with Crippen LogP contribution in [0, 0.1) is 5.41 Å². The summed E-state index contributed by atoms with van der Waals surface area (Å²) in [6.07, 6.45) is 0. The highest BCUT2D eigenvalue weighted by Crippen LogP contribution is 2.08. The summed E-state index contributed by atoms with van der Waals surface area (Å²) in [4.78, 5) is 0. The number of rotatable bonds is 3. The molecule has 0 radical (unpaired) electrons. The molecular weight excluding hydrogens is 260 g/mol. The lowest BCUT2D eigenvalue weighted by atomic mass is 10.3. The van der Waals surface area contributed by atoms with E-state index < -0.39 is 0 Å². The Balaban J connectivity index is 4.43. The van der Waals surface area contributed by atoms with Crippen molar-refractivity contribution in [3.8, 4) is 0 Å². The Hall–Kier alpha value is 0.170. The van der Waals surface area contributed by atoms with E-state index >= 15 is 0 Å². The molecule has 0 aromatic heterocycles. The van der Waals surface area contributed by atoms with Gasteiger partial charge in [-0.05, 0) is 22.9 Å². The van der Waals surface area contributed by atoms with Crippen molar-refractivity contribution in [1.82, 2.24) is 5.32 Å². The van der Waals surface area contributed by atoms with Gasteiger partial charge in [0.05, 0.1) is 0 Å². The lowest BCUT2D eigenvalue weighted by Gasteiger charge is -2.05. The number of hydrogen-bond donors (Lipinski definition) is 2. The summed E-state index contributed by atoms with van der Waals surface area (Å²) in [6.45, 7) is 1.89. The van der Waals surface area contributed by atoms with E-state index in [1.807, 2.05) is 14.0 Å². The summed E-state index contributed by atoms with van der Waals surface area (Å²) in [6, 6.07) is 0. The van der Waals surface area contributed by atoms with Crippen LogP contribution in [0.5, 0.6) is 0 Å². The van der Waals surface area contributed by atoms with Crippen LogP contribution in [0.3, 0.4) is 0 Å². The lowest BCUT2D eigenvalue weighted by molar-refractivity contribution is 0.984. The van der Waals surface area contributed by atoms with Gasteiger partial charge in [-0.1, -0.05) is 15.9 Å². The number of hydrogen-bond acceptors (Lipinski definition) is 2. The van der Waals surface area contributed by atoms with Gasteiger partial charge in [-0.25, -0.2) is 0 Å². The molecule has 0 amide bonds. The first-order valence-electron chi connectivity index (χ1n) is 2.81. The van der Waals surface area contributed by atoms with E-state index in [0.717, 1.165) is 16.6 Å². The van der Waals surface area contributed by atoms with Gasteiger partial charge in [-0.3, -0.25) is 5.41 Å². The molecule has 0 heterocycles. The minimum absolute atomic E-state index is 0.427. The molecule has 0 fully saturated rings. The van der Waals surface area contributed by atoms with E-state index in [0.29, 0.717) is 4.62 Å². The second-order valence-corrected chi connectivity index (χ2v) is 3.15. The van der Waals surface area contributed by atoms with Crippen molar-refractivity contribution in [2.75, 3.05) is 12.4 Å². The van der Waals surface area contributed by atoms with Gasteiger partial charge in [-0.2, -0.15) is 0 Å². The summed E-state index contributed by atoms with van der Waals surface area (Å²) < 4.78 is 0.427. The maximum absolute atomic E-state index is 7.24. The second-order valence-electron chi connectivity index (χ2n) is 1.80. The van der Waals surface area contributed by atoms with Crippen LogP contribution in [0.1, 0.15) is 6.92 Å². The minimum atomic E-state index is 0.427. The number of allylic oxidation sites excluding steroid dienone is 2. The van der Waals surface area contributed by atoms with Crippen molar-refractivity contribution in [2.24, 2.45) is 0 Å². The van der Waals surface area contributed by atoms with Crippen molar-refractivity contribution in [3.63, 3.8) is 0 Å². The van der Waals surface area contributed by atoms with Gasteiger partial charge in [-0.15, -0.1) is 0 Å². The Morgan fingerprint density at radius 2 is 2.10 bits per heavy atom. The van der Waals surface area contributed by atoms with Crippen LogP contribution in [0.4, 0.5) is 0 Å². The standard InChI is InChI=1S/C6H10Br2N2/c1-4(6(8)9)5(3-7)10-2/h9-10H,3H2,1-2H3/b5-4-,9-6?. The third-order valence-corrected chi connectivity index (χ3v) is 2.37. The molecule has 2 N–H and O–H groups in total. The highest BCUT2D eigenvalue weighted by atomic mass is 79.9. The van der Waals surface area contributed by atoms with Gasteiger partial charge in [0.15, 0.2) is 0 Å². The summed E-state index contributed by atoms with van der Waals surface area (Å²) in [5.74, 6) is 0. The van der Waals surface area contributed by atoms with Gasteiger partial charge in [0, 0.05) is 23.6 Å². The van der Waals surface area contributed by atoms with E-state index in [2.05, 4.69) is 37.2 Å². The van der Waals surface area contributed by atoms with Crippen LogP contribution in [0.2, 0.25) is 0 Å². The molecule has 0 aliphatic carbocycles. The average Bonchev–Trinajstić information content (AvgIpc) is 1.90. The number of nitrogens with one attached hydrogen (secondary N) is 2. The third-order valence-electron chi connectivity index (χ3n) is 1.22. The third kappa shape index (κ3) is 2.84. The van der Waals surface area contributed by atoms with Gasteiger partial charge in [0.25, 0.3) is 0 Å². The van der Waals surface area contributed by atoms with Gasteiger partial charge < -0.3 is 5.32 Å². The fourth-order valence-electron chi connectivity index (χ4n) is 0.487. The Labute approximate surface area is 77.8 Å². The molecule has 10 heavy (non-hydrogen) atoms. The SMILES string of the molecule is CN/C(CBr)=C(/C)C(=N)Br. The topological polar surface area (TPSA) is 35.9 Å². The summed E-state index contributed by atoms with van der Waals surface area (Å²) in [5, 5.41) is 11.0. The van der Waals surface area contributed by atoms with Crippen molar-refractivity contribution >= 4 is 36.5 Å². The Morgan fingerprint density at radius 1 is 1.60 bits per heavy atom. The lowest BCUT2D eigenvalue weighted by Crippen LogP contribution is -2.11. The summed E-state index contributed by atoms with van der Waals surface area (Å²) in [5.41, 5.74) is 1.96. The zero-order chi connectivity index (χ0) is 8.15. The monoisotopic (exact) mass is 268 g/mol. The van der Waals surface area contributed by atoms with Gasteiger partial charge in [0.2, 0.25) is 0 Å². The smallest absolute Gasteiger partial charge is 0.101 e. The molecule has 0 saturated carbocycles. The molecule has 0 aromatic rings. The van der Waals surface area contributed by atoms with E-state index in [-0.39, 0.29) is 0 Å². The molecule has 0 aliphatic rings. The zero-order valence-corrected chi connectivity index (χ0v) is 9.14. The van der Waals surface area contributed by atoms with E-state index in [4.69, 9.17) is 5.41 Å². The summed E-state index contributed by atoms with van der Waals surface area (Å²) >= 11 is 6.39. The highest BCUT2D eigenvalue weighted by Gasteiger charge is 2.00. The predicted molar refractivity (Wildman–Crippen MR) is 52.2 cm³/mol. The first-order chi connectivity index (χ1) is 4.63. The predicted octanol–water partition coefficient (Wildman–Crippen LogP) is 2.25.